The van der Waals surface area contributed by atoms with Crippen LogP contribution in [0.25, 0.3) is 32.3 Å². The van der Waals surface area contributed by atoms with Crippen LogP contribution in [0.3, 0.4) is 0 Å². The van der Waals surface area contributed by atoms with Crippen molar-refractivity contribution in [3.8, 4) is 0 Å². The molecule has 330 valence electrons. The van der Waals surface area contributed by atoms with Gasteiger partial charge in [0.25, 0.3) is 30.9 Å². The van der Waals surface area contributed by atoms with Gasteiger partial charge < -0.3 is 0 Å². The van der Waals surface area contributed by atoms with Gasteiger partial charge in [-0.3, -0.25) is 0 Å². The molecule has 0 N–H and O–H groups in total. The summed E-state index contributed by atoms with van der Waals surface area (Å²) in [4.78, 5) is 0. The molecule has 3 aromatic heterocycles. The molecule has 0 bridgehead atoms. The Morgan fingerprint density at radius 1 is 0.348 bits per heavy atom. The number of hydrogen-bond donors (Lipinski definition) is 0. The van der Waals surface area contributed by atoms with E-state index in [1.807, 2.05) is 46.4 Å². The zero-order chi connectivity index (χ0) is 45.8. The van der Waals surface area contributed by atoms with Gasteiger partial charge in [-0.1, -0.05) is 109 Å². The van der Waals surface area contributed by atoms with Gasteiger partial charge in [-0.2, -0.15) is 0 Å². The highest BCUT2D eigenvalue weighted by Crippen LogP contribution is 2.34. The minimum atomic E-state index is 0.463. The number of rotatable bonds is 12. The molecular weight excluding hydrogens is 945 g/mol. The summed E-state index contributed by atoms with van der Waals surface area (Å²) >= 11 is 42.4. The van der Waals surface area contributed by atoms with Crippen LogP contribution in [0.2, 0.25) is 30.9 Å². The molecule has 10 aromatic rings. The summed E-state index contributed by atoms with van der Waals surface area (Å²) < 4.78 is 12.1. The third-order valence-corrected chi connectivity index (χ3v) is 15.7. The number of imidazole rings is 3. The van der Waals surface area contributed by atoms with Crippen LogP contribution in [-0.2, 0) is 39.3 Å². The summed E-state index contributed by atoms with van der Waals surface area (Å²) in [7, 11) is 0. The molecule has 10 rings (SSSR count). The molecule has 0 amide bonds. The maximum atomic E-state index is 7.11. The summed E-state index contributed by atoms with van der Waals surface area (Å²) in [5.74, 6) is 0. The first kappa shape index (κ1) is 44.5. The van der Waals surface area contributed by atoms with Gasteiger partial charge in [0.15, 0.2) is 0 Å². The van der Waals surface area contributed by atoms with Crippen molar-refractivity contribution < 1.29 is 13.7 Å². The fraction of sp³-hybridized carbons (Fsp3) is 0.167. The van der Waals surface area contributed by atoms with Crippen molar-refractivity contribution in [2.24, 2.45) is 0 Å². The number of benzene rings is 7. The summed E-state index contributed by atoms with van der Waals surface area (Å²) in [5.41, 5.74) is 10.1. The van der Waals surface area contributed by atoms with Crippen molar-refractivity contribution in [2.45, 2.75) is 60.0 Å². The molecule has 3 heterocycles. The van der Waals surface area contributed by atoms with E-state index in [9.17, 15) is 0 Å². The Morgan fingerprint density at radius 3 is 0.879 bits per heavy atom. The van der Waals surface area contributed by atoms with E-state index in [0.717, 1.165) is 50.1 Å². The average molecular weight is 991 g/mol. The molecule has 0 aliphatic heterocycles. The number of hydrogen-bond acceptors (Lipinski definition) is 0. The van der Waals surface area contributed by atoms with E-state index in [2.05, 4.69) is 148 Å². The highest BCUT2D eigenvalue weighted by molar-refractivity contribution is 6.40. The van der Waals surface area contributed by atoms with Crippen molar-refractivity contribution in [2.75, 3.05) is 0 Å². The van der Waals surface area contributed by atoms with Crippen LogP contribution in [0.4, 0.5) is 0 Å². The van der Waals surface area contributed by atoms with Crippen molar-refractivity contribution >= 4 is 102 Å². The van der Waals surface area contributed by atoms with E-state index in [-0.39, 0.29) is 0 Å². The lowest BCUT2D eigenvalue weighted by molar-refractivity contribution is -0.685. The molecule has 0 spiro atoms. The van der Waals surface area contributed by atoms with Gasteiger partial charge in [-0.25, -0.2) is 27.4 Å². The predicted octanol–water partition coefficient (Wildman–Crippen LogP) is 13.5. The summed E-state index contributed by atoms with van der Waals surface area (Å²) in [5, 5.41) is 9.91. The van der Waals surface area contributed by atoms with Crippen molar-refractivity contribution in [3.63, 3.8) is 0 Å². The molecule has 6 nitrogen and oxygen atoms in total. The Labute approximate surface area is 413 Å². The van der Waals surface area contributed by atoms with Gasteiger partial charge in [0, 0.05) is 16.7 Å². The van der Waals surface area contributed by atoms with Crippen LogP contribution in [0.5, 0.6) is 0 Å². The van der Waals surface area contributed by atoms with Crippen molar-refractivity contribution in [1.29, 1.82) is 0 Å². The van der Waals surface area contributed by atoms with Crippen LogP contribution < -0.4 is 13.7 Å². The Balaban J connectivity index is 1.02. The Bertz CT molecular complexity index is 3120. The maximum Gasteiger partial charge on any atom is 0.255 e. The monoisotopic (exact) mass is 987 g/mol. The van der Waals surface area contributed by atoms with Gasteiger partial charge in [-0.05, 0) is 174 Å². The molecular formula is C54H45Cl6N6+3. The Hall–Kier alpha value is -5.31. The lowest BCUT2D eigenvalue weighted by Crippen LogP contribution is -2.33. The molecule has 66 heavy (non-hydrogen) atoms. The highest BCUT2D eigenvalue weighted by atomic mass is 35.5. The van der Waals surface area contributed by atoms with E-state index < -0.39 is 0 Å². The van der Waals surface area contributed by atoms with Crippen molar-refractivity contribution in [3.05, 3.63) is 227 Å². The molecule has 12 heteroatoms. The standard InChI is InChI=1S/C54H45Cl6N6/c1-34-46(28-64-31-61(49(55)52(64)58)25-37-16-19-40-10-4-7-13-43(40)22-37)35(2)48(30-66-33-63(51(57)54(66)60)27-39-18-21-42-12-6-9-15-45(42)24-39)36(3)47(34)29-65-32-62(50(56)53(65)59)26-38-17-20-41-11-5-8-14-44(41)23-38/h4-24,31-33H,25-30H2,1-3H3/q+3. The molecule has 7 aromatic carbocycles. The minimum absolute atomic E-state index is 0.463. The predicted molar refractivity (Wildman–Crippen MR) is 271 cm³/mol. The first-order valence-corrected chi connectivity index (χ1v) is 24.0. The van der Waals surface area contributed by atoms with Crippen LogP contribution >= 0.6 is 69.6 Å². The SMILES string of the molecule is Cc1c(Cn2c[n+](Cc3ccc4ccccc4c3)c(Cl)c2Cl)c(C)c(Cn2c[n+](Cc3ccc4ccccc4c3)c(Cl)c2Cl)c(C)c1Cn1c[n+](Cc2ccc3ccccc3c2)c(Cl)c1Cl. The van der Waals surface area contributed by atoms with Gasteiger partial charge in [0.05, 0.1) is 0 Å². The average Bonchev–Trinajstić information content (AvgIpc) is 3.86. The normalized spacial score (nSPS) is 11.8. The van der Waals surface area contributed by atoms with Crippen LogP contribution in [0.15, 0.2) is 146 Å². The van der Waals surface area contributed by atoms with E-state index >= 15 is 0 Å². The van der Waals surface area contributed by atoms with Crippen LogP contribution in [0, 0.1) is 20.8 Å². The van der Waals surface area contributed by atoms with E-state index in [4.69, 9.17) is 69.6 Å². The molecule has 0 aliphatic rings. The zero-order valence-electron chi connectivity index (χ0n) is 36.6. The van der Waals surface area contributed by atoms with Gasteiger partial charge in [0.1, 0.15) is 39.3 Å². The Kier molecular flexibility index (Phi) is 12.4. The molecule has 0 fully saturated rings. The molecule has 0 atom stereocenters. The smallest absolute Gasteiger partial charge is 0.215 e. The second-order valence-corrected chi connectivity index (χ2v) is 19.4. The molecule has 0 aliphatic carbocycles. The fourth-order valence-electron chi connectivity index (χ4n) is 9.40. The first-order chi connectivity index (χ1) is 31.9. The molecule has 0 saturated carbocycles. The van der Waals surface area contributed by atoms with Crippen molar-refractivity contribution in [1.82, 2.24) is 13.7 Å². The molecule has 0 saturated heterocycles. The second kappa shape index (κ2) is 18.4. The summed E-state index contributed by atoms with van der Waals surface area (Å²) in [6, 6.07) is 44.5. The highest BCUT2D eigenvalue weighted by Gasteiger charge is 2.29. The summed E-state index contributed by atoms with van der Waals surface area (Å²) in [6.07, 6.45) is 6.03. The topological polar surface area (TPSA) is 26.4 Å². The van der Waals surface area contributed by atoms with E-state index in [1.165, 1.54) is 32.3 Å². The third kappa shape index (κ3) is 8.60. The molecule has 0 unspecified atom stereocenters. The van der Waals surface area contributed by atoms with Gasteiger partial charge >= 0.3 is 0 Å². The summed E-state index contributed by atoms with van der Waals surface area (Å²) in [6.45, 7) is 9.66. The van der Waals surface area contributed by atoms with Crippen LogP contribution in [-0.4, -0.2) is 13.7 Å². The maximum absolute atomic E-state index is 7.11. The van der Waals surface area contributed by atoms with E-state index in [0.29, 0.717) is 70.2 Å². The zero-order valence-corrected chi connectivity index (χ0v) is 41.1. The fourth-order valence-corrected chi connectivity index (χ4v) is 10.7. The molecule has 0 radical (unpaired) electrons. The Morgan fingerprint density at radius 2 is 0.606 bits per heavy atom. The lowest BCUT2D eigenvalue weighted by Gasteiger charge is -2.20. The number of aromatic nitrogens is 6. The third-order valence-electron chi connectivity index (χ3n) is 13.1. The number of nitrogens with zero attached hydrogens (tertiary/aromatic N) is 6. The minimum Gasteiger partial charge on any atom is -0.215 e. The van der Waals surface area contributed by atoms with E-state index in [1.54, 1.807) is 0 Å². The number of halogens is 6. The first-order valence-electron chi connectivity index (χ1n) is 21.7. The van der Waals surface area contributed by atoms with Crippen LogP contribution in [0.1, 0.15) is 50.1 Å². The second-order valence-electron chi connectivity index (χ2n) is 17.2. The largest absolute Gasteiger partial charge is 0.255 e. The van der Waals surface area contributed by atoms with Gasteiger partial charge in [-0.15, -0.1) is 0 Å². The van der Waals surface area contributed by atoms with Gasteiger partial charge in [0.2, 0.25) is 19.0 Å². The lowest BCUT2D eigenvalue weighted by atomic mass is 9.87. The number of fused-ring (bicyclic) bond motifs is 3. The quantitative estimate of drug-likeness (QED) is 0.109.